The van der Waals surface area contributed by atoms with Gasteiger partial charge >= 0.3 is 0 Å². The molecular weight excluding hydrogens is 342 g/mol. The fourth-order valence-corrected chi connectivity index (χ4v) is 3.26. The maximum absolute atomic E-state index is 12.9. The summed E-state index contributed by atoms with van der Waals surface area (Å²) in [7, 11) is 1.58. The molecule has 3 N–H and O–H groups in total. The van der Waals surface area contributed by atoms with Crippen LogP contribution < -0.4 is 15.8 Å². The third-order valence-electron chi connectivity index (χ3n) is 4.99. The van der Waals surface area contributed by atoms with E-state index in [9.17, 15) is 9.59 Å². The van der Waals surface area contributed by atoms with Crippen molar-refractivity contribution in [3.8, 4) is 5.75 Å². The Kier molecular flexibility index (Phi) is 6.08. The second-order valence-electron chi connectivity index (χ2n) is 6.70. The zero-order valence-corrected chi connectivity index (χ0v) is 15.5. The number of benzene rings is 2. The van der Waals surface area contributed by atoms with E-state index >= 15 is 0 Å². The highest BCUT2D eigenvalue weighted by Crippen LogP contribution is 2.23. The number of hydrogen-bond acceptors (Lipinski definition) is 4. The van der Waals surface area contributed by atoms with Crippen LogP contribution in [0.4, 0.5) is 5.69 Å². The van der Waals surface area contributed by atoms with Gasteiger partial charge in [-0.1, -0.05) is 12.1 Å². The number of anilines is 1. The molecule has 0 bridgehead atoms. The molecule has 1 fully saturated rings. The first-order valence-electron chi connectivity index (χ1n) is 9.16. The molecule has 2 aromatic carbocycles. The molecule has 1 saturated heterocycles. The van der Waals surface area contributed by atoms with Crippen molar-refractivity contribution in [3.63, 3.8) is 0 Å². The number of methoxy groups -OCH3 is 1. The van der Waals surface area contributed by atoms with Crippen LogP contribution in [0.15, 0.2) is 48.5 Å². The van der Waals surface area contributed by atoms with Crippen LogP contribution in [0.25, 0.3) is 0 Å². The van der Waals surface area contributed by atoms with E-state index in [1.165, 1.54) is 0 Å². The lowest BCUT2D eigenvalue weighted by molar-refractivity contribution is 0.0694. The second kappa shape index (κ2) is 8.68. The van der Waals surface area contributed by atoms with Crippen LogP contribution in [0.2, 0.25) is 0 Å². The van der Waals surface area contributed by atoms with Gasteiger partial charge in [-0.15, -0.1) is 0 Å². The van der Waals surface area contributed by atoms with Crippen molar-refractivity contribution >= 4 is 17.5 Å². The minimum absolute atomic E-state index is 0.0592. The summed E-state index contributed by atoms with van der Waals surface area (Å²) in [5, 5.41) is 2.86. The molecule has 6 nitrogen and oxygen atoms in total. The SMILES string of the molecule is COc1ccc(C(=O)Nc2ccccc2C(=O)N2CCC(CN)CC2)cc1. The number of likely N-dealkylation sites (tertiary alicyclic amines) is 1. The molecule has 1 heterocycles. The highest BCUT2D eigenvalue weighted by molar-refractivity contribution is 6.09. The van der Waals surface area contributed by atoms with Gasteiger partial charge in [-0.3, -0.25) is 9.59 Å². The summed E-state index contributed by atoms with van der Waals surface area (Å²) in [6.07, 6.45) is 1.84. The Labute approximate surface area is 159 Å². The number of rotatable bonds is 5. The van der Waals surface area contributed by atoms with Gasteiger partial charge in [0.15, 0.2) is 0 Å². The van der Waals surface area contributed by atoms with E-state index in [1.54, 1.807) is 49.6 Å². The van der Waals surface area contributed by atoms with Crippen molar-refractivity contribution in [2.24, 2.45) is 11.7 Å². The second-order valence-corrected chi connectivity index (χ2v) is 6.70. The van der Waals surface area contributed by atoms with Crippen LogP contribution in [0, 0.1) is 5.92 Å². The van der Waals surface area contributed by atoms with Crippen LogP contribution in [0.1, 0.15) is 33.6 Å². The average Bonchev–Trinajstić information content (AvgIpc) is 2.73. The van der Waals surface area contributed by atoms with Crippen molar-refractivity contribution in [3.05, 3.63) is 59.7 Å². The van der Waals surface area contributed by atoms with Gasteiger partial charge in [0.1, 0.15) is 5.75 Å². The normalized spacial score (nSPS) is 14.7. The van der Waals surface area contributed by atoms with Crippen LogP contribution in [-0.2, 0) is 0 Å². The lowest BCUT2D eigenvalue weighted by Crippen LogP contribution is -2.40. The van der Waals surface area contributed by atoms with Crippen molar-refractivity contribution in [2.75, 3.05) is 32.1 Å². The highest BCUT2D eigenvalue weighted by atomic mass is 16.5. The molecular formula is C21H25N3O3. The van der Waals surface area contributed by atoms with Gasteiger partial charge in [-0.2, -0.15) is 0 Å². The van der Waals surface area contributed by atoms with Crippen molar-refractivity contribution < 1.29 is 14.3 Å². The monoisotopic (exact) mass is 367 g/mol. The van der Waals surface area contributed by atoms with E-state index in [1.807, 2.05) is 11.0 Å². The number of nitrogens with two attached hydrogens (primary N) is 1. The van der Waals surface area contributed by atoms with Crippen LogP contribution >= 0.6 is 0 Å². The standard InChI is InChI=1S/C21H25N3O3/c1-27-17-8-6-16(7-9-17)20(25)23-19-5-3-2-4-18(19)21(26)24-12-10-15(14-22)11-13-24/h2-9,15H,10-14,22H2,1H3,(H,23,25). The van der Waals surface area contributed by atoms with E-state index in [4.69, 9.17) is 10.5 Å². The molecule has 27 heavy (non-hydrogen) atoms. The minimum atomic E-state index is -0.264. The van der Waals surface area contributed by atoms with Crippen LogP contribution in [-0.4, -0.2) is 43.5 Å². The van der Waals surface area contributed by atoms with Crippen molar-refractivity contribution in [1.29, 1.82) is 0 Å². The lowest BCUT2D eigenvalue weighted by atomic mass is 9.96. The number of nitrogens with zero attached hydrogens (tertiary/aromatic N) is 1. The Balaban J connectivity index is 1.73. The molecule has 0 spiro atoms. The first-order valence-corrected chi connectivity index (χ1v) is 9.16. The number of hydrogen-bond donors (Lipinski definition) is 2. The number of para-hydroxylation sites is 1. The molecule has 1 aliphatic heterocycles. The van der Waals surface area contributed by atoms with Gasteiger partial charge in [0, 0.05) is 18.7 Å². The largest absolute Gasteiger partial charge is 0.497 e. The van der Waals surface area contributed by atoms with Gasteiger partial charge in [-0.25, -0.2) is 0 Å². The summed E-state index contributed by atoms with van der Waals surface area (Å²) < 4.78 is 5.11. The Morgan fingerprint density at radius 3 is 2.41 bits per heavy atom. The Hall–Kier alpha value is -2.86. The number of amides is 2. The number of piperidine rings is 1. The topological polar surface area (TPSA) is 84.7 Å². The summed E-state index contributed by atoms with van der Waals surface area (Å²) in [4.78, 5) is 27.3. The predicted molar refractivity (Wildman–Crippen MR) is 105 cm³/mol. The smallest absolute Gasteiger partial charge is 0.255 e. The lowest BCUT2D eigenvalue weighted by Gasteiger charge is -2.31. The number of carbonyl (C=O) groups is 2. The average molecular weight is 367 g/mol. The molecule has 0 unspecified atom stereocenters. The number of ether oxygens (including phenoxy) is 1. The molecule has 0 aromatic heterocycles. The molecule has 0 saturated carbocycles. The molecule has 6 heteroatoms. The Bertz CT molecular complexity index is 797. The van der Waals surface area contributed by atoms with E-state index < -0.39 is 0 Å². The maximum Gasteiger partial charge on any atom is 0.255 e. The molecule has 1 aliphatic rings. The van der Waals surface area contributed by atoms with Gasteiger partial charge in [-0.05, 0) is 61.7 Å². The summed E-state index contributed by atoms with van der Waals surface area (Å²) >= 11 is 0. The number of carbonyl (C=O) groups excluding carboxylic acids is 2. The first-order chi connectivity index (χ1) is 13.1. The summed E-state index contributed by atoms with van der Waals surface area (Å²) in [6, 6.07) is 14.0. The summed E-state index contributed by atoms with van der Waals surface area (Å²) in [5.74, 6) is 0.845. The maximum atomic E-state index is 12.9. The summed E-state index contributed by atoms with van der Waals surface area (Å²) in [6.45, 7) is 2.06. The zero-order chi connectivity index (χ0) is 19.2. The fraction of sp³-hybridized carbons (Fsp3) is 0.333. The molecule has 2 amide bonds. The third-order valence-corrected chi connectivity index (χ3v) is 4.99. The molecule has 0 atom stereocenters. The fourth-order valence-electron chi connectivity index (χ4n) is 3.26. The molecule has 142 valence electrons. The van der Waals surface area contributed by atoms with Gasteiger partial charge in [0.25, 0.3) is 11.8 Å². The van der Waals surface area contributed by atoms with Crippen LogP contribution in [0.3, 0.4) is 0 Å². The van der Waals surface area contributed by atoms with Gasteiger partial charge in [0.05, 0.1) is 18.4 Å². The third kappa shape index (κ3) is 4.46. The van der Waals surface area contributed by atoms with Crippen molar-refractivity contribution in [2.45, 2.75) is 12.8 Å². The highest BCUT2D eigenvalue weighted by Gasteiger charge is 2.24. The van der Waals surface area contributed by atoms with Gasteiger partial charge < -0.3 is 20.7 Å². The van der Waals surface area contributed by atoms with Crippen LogP contribution in [0.5, 0.6) is 5.75 Å². The van der Waals surface area contributed by atoms with E-state index in [2.05, 4.69) is 5.32 Å². The van der Waals surface area contributed by atoms with E-state index in [0.717, 1.165) is 12.8 Å². The van der Waals surface area contributed by atoms with E-state index in [-0.39, 0.29) is 11.8 Å². The molecule has 0 aliphatic carbocycles. The first kappa shape index (κ1) is 18.9. The zero-order valence-electron chi connectivity index (χ0n) is 15.5. The summed E-state index contributed by atoms with van der Waals surface area (Å²) in [5.41, 5.74) is 7.25. The quantitative estimate of drug-likeness (QED) is 0.851. The molecule has 2 aromatic rings. The predicted octanol–water partition coefficient (Wildman–Crippen LogP) is 2.76. The number of nitrogens with one attached hydrogen (secondary N) is 1. The van der Waals surface area contributed by atoms with Gasteiger partial charge in [0.2, 0.25) is 0 Å². The van der Waals surface area contributed by atoms with Crippen molar-refractivity contribution in [1.82, 2.24) is 4.90 Å². The molecule has 0 radical (unpaired) electrons. The minimum Gasteiger partial charge on any atom is -0.497 e. The van der Waals surface area contributed by atoms with E-state index in [0.29, 0.717) is 48.1 Å². The molecule has 3 rings (SSSR count). The Morgan fingerprint density at radius 2 is 1.78 bits per heavy atom. The Morgan fingerprint density at radius 1 is 1.11 bits per heavy atom.